The van der Waals surface area contributed by atoms with E-state index in [1.807, 2.05) is 4.90 Å². The molecule has 0 bridgehead atoms. The van der Waals surface area contributed by atoms with Gasteiger partial charge in [0.15, 0.2) is 0 Å². The van der Waals surface area contributed by atoms with Gasteiger partial charge >= 0.3 is 0 Å². The van der Waals surface area contributed by atoms with Crippen molar-refractivity contribution < 1.29 is 13.2 Å². The van der Waals surface area contributed by atoms with E-state index in [4.69, 9.17) is 0 Å². The van der Waals surface area contributed by atoms with Crippen LogP contribution in [0.15, 0.2) is 35.2 Å². The molecule has 0 saturated carbocycles. The number of sulfonamides is 1. The second-order valence-corrected chi connectivity index (χ2v) is 9.56. The summed E-state index contributed by atoms with van der Waals surface area (Å²) < 4.78 is 27.4. The molecule has 0 spiro atoms. The lowest BCUT2D eigenvalue weighted by Crippen LogP contribution is -2.48. The zero-order valence-corrected chi connectivity index (χ0v) is 17.1. The lowest BCUT2D eigenvalue weighted by atomic mass is 9.92. The number of hydrogen-bond donors (Lipinski definition) is 1. The van der Waals surface area contributed by atoms with Crippen LogP contribution in [0.1, 0.15) is 25.7 Å². The van der Waals surface area contributed by atoms with E-state index in [1.54, 1.807) is 30.3 Å². The van der Waals surface area contributed by atoms with E-state index >= 15 is 0 Å². The SMILES string of the molecule is Cl.O=C(C1CCCN1S(=O)(=O)c1ccccc1)N1CC[C@@H]2CNC[C@@H]2CC1. The normalized spacial score (nSPS) is 29.0. The van der Waals surface area contributed by atoms with Gasteiger partial charge < -0.3 is 10.2 Å². The number of fused-ring (bicyclic) bond motifs is 1. The molecule has 0 aromatic heterocycles. The first kappa shape index (κ1) is 20.6. The van der Waals surface area contributed by atoms with E-state index in [0.717, 1.165) is 45.4 Å². The molecule has 3 aliphatic rings. The third-order valence-corrected chi connectivity index (χ3v) is 8.09. The fourth-order valence-corrected chi connectivity index (χ4v) is 6.32. The number of benzene rings is 1. The summed E-state index contributed by atoms with van der Waals surface area (Å²) in [5, 5.41) is 3.45. The molecule has 4 rings (SSSR count). The predicted molar refractivity (Wildman–Crippen MR) is 106 cm³/mol. The topological polar surface area (TPSA) is 69.7 Å². The van der Waals surface area contributed by atoms with E-state index in [2.05, 4.69) is 5.32 Å². The average Bonchev–Trinajstić information content (AvgIpc) is 3.28. The van der Waals surface area contributed by atoms with Gasteiger partial charge in [0.25, 0.3) is 0 Å². The quantitative estimate of drug-likeness (QED) is 0.819. The fraction of sp³-hybridized carbons (Fsp3) is 0.632. The van der Waals surface area contributed by atoms with Crippen molar-refractivity contribution in [3.63, 3.8) is 0 Å². The molecule has 1 amide bonds. The zero-order valence-electron chi connectivity index (χ0n) is 15.4. The lowest BCUT2D eigenvalue weighted by molar-refractivity contribution is -0.134. The van der Waals surface area contributed by atoms with Crippen LogP contribution in [0.25, 0.3) is 0 Å². The highest BCUT2D eigenvalue weighted by molar-refractivity contribution is 7.89. The van der Waals surface area contributed by atoms with Crippen LogP contribution in [-0.4, -0.2) is 62.3 Å². The molecule has 8 heteroatoms. The van der Waals surface area contributed by atoms with Crippen LogP contribution in [-0.2, 0) is 14.8 Å². The molecule has 1 unspecified atom stereocenters. The molecule has 3 heterocycles. The Hall–Kier alpha value is -1.15. The highest BCUT2D eigenvalue weighted by atomic mass is 35.5. The Morgan fingerprint density at radius 1 is 0.963 bits per heavy atom. The number of rotatable bonds is 3. The second-order valence-electron chi connectivity index (χ2n) is 7.67. The molecule has 6 nitrogen and oxygen atoms in total. The van der Waals surface area contributed by atoms with E-state index in [0.29, 0.717) is 24.8 Å². The average molecular weight is 414 g/mol. The van der Waals surface area contributed by atoms with Gasteiger partial charge in [-0.2, -0.15) is 4.31 Å². The molecule has 1 aromatic rings. The molecular weight excluding hydrogens is 386 g/mol. The molecule has 3 aliphatic heterocycles. The van der Waals surface area contributed by atoms with E-state index in [1.165, 1.54) is 4.31 Å². The minimum atomic E-state index is -3.62. The summed E-state index contributed by atoms with van der Waals surface area (Å²) in [6.07, 6.45) is 3.39. The molecule has 0 radical (unpaired) electrons. The maximum Gasteiger partial charge on any atom is 0.243 e. The van der Waals surface area contributed by atoms with Gasteiger partial charge in [-0.25, -0.2) is 8.42 Å². The number of nitrogens with one attached hydrogen (secondary N) is 1. The molecule has 27 heavy (non-hydrogen) atoms. The third-order valence-electron chi connectivity index (χ3n) is 6.17. The lowest BCUT2D eigenvalue weighted by Gasteiger charge is -2.29. The summed E-state index contributed by atoms with van der Waals surface area (Å²) in [6.45, 7) is 4.01. The van der Waals surface area contributed by atoms with Crippen LogP contribution in [0.4, 0.5) is 0 Å². The van der Waals surface area contributed by atoms with Crippen LogP contribution in [0.2, 0.25) is 0 Å². The summed E-state index contributed by atoms with van der Waals surface area (Å²) >= 11 is 0. The Morgan fingerprint density at radius 2 is 1.59 bits per heavy atom. The Bertz CT molecular complexity index is 745. The van der Waals surface area contributed by atoms with Gasteiger partial charge in [0.2, 0.25) is 15.9 Å². The molecule has 1 N–H and O–H groups in total. The van der Waals surface area contributed by atoms with E-state index in [9.17, 15) is 13.2 Å². The Balaban J connectivity index is 0.00000210. The number of hydrogen-bond acceptors (Lipinski definition) is 4. The number of carbonyl (C=O) groups excluding carboxylic acids is 1. The van der Waals surface area contributed by atoms with Gasteiger partial charge in [-0.1, -0.05) is 18.2 Å². The van der Waals surface area contributed by atoms with Crippen molar-refractivity contribution in [2.45, 2.75) is 36.6 Å². The first-order chi connectivity index (χ1) is 12.6. The van der Waals surface area contributed by atoms with Gasteiger partial charge in [-0.3, -0.25) is 4.79 Å². The third kappa shape index (κ3) is 4.01. The minimum absolute atomic E-state index is 0. The summed E-state index contributed by atoms with van der Waals surface area (Å²) in [4.78, 5) is 15.4. The molecule has 3 saturated heterocycles. The predicted octanol–water partition coefficient (Wildman–Crippen LogP) is 1.72. The van der Waals surface area contributed by atoms with Crippen molar-refractivity contribution >= 4 is 28.3 Å². The minimum Gasteiger partial charge on any atom is -0.341 e. The highest BCUT2D eigenvalue weighted by Gasteiger charge is 2.42. The second kappa shape index (κ2) is 8.47. The van der Waals surface area contributed by atoms with Crippen LogP contribution in [0.5, 0.6) is 0 Å². The standard InChI is InChI=1S/C19H27N3O3S.ClH/c23-19(21-11-8-15-13-20-14-16(15)9-12-21)18-7-4-10-22(18)26(24,25)17-5-2-1-3-6-17;/h1-3,5-6,15-16,18,20H,4,7-14H2;1H/t15-,16+,18?;. The maximum atomic E-state index is 13.2. The maximum absolute atomic E-state index is 13.2. The van der Waals surface area contributed by atoms with Crippen LogP contribution in [0, 0.1) is 11.8 Å². The van der Waals surface area contributed by atoms with Crippen molar-refractivity contribution in [2.24, 2.45) is 11.8 Å². The van der Waals surface area contributed by atoms with Gasteiger partial charge in [-0.05, 0) is 62.7 Å². The first-order valence-electron chi connectivity index (χ1n) is 9.64. The number of amides is 1. The smallest absolute Gasteiger partial charge is 0.243 e. The first-order valence-corrected chi connectivity index (χ1v) is 11.1. The molecule has 3 fully saturated rings. The summed E-state index contributed by atoms with van der Waals surface area (Å²) in [7, 11) is -3.62. The molecule has 1 aromatic carbocycles. The Morgan fingerprint density at radius 3 is 2.22 bits per heavy atom. The van der Waals surface area contributed by atoms with Crippen molar-refractivity contribution in [2.75, 3.05) is 32.7 Å². The largest absolute Gasteiger partial charge is 0.341 e. The molecule has 3 atom stereocenters. The fourth-order valence-electron chi connectivity index (χ4n) is 4.65. The van der Waals surface area contributed by atoms with E-state index in [-0.39, 0.29) is 23.2 Å². The number of halogens is 1. The highest BCUT2D eigenvalue weighted by Crippen LogP contribution is 2.30. The van der Waals surface area contributed by atoms with Crippen molar-refractivity contribution in [1.82, 2.24) is 14.5 Å². The van der Waals surface area contributed by atoms with Gasteiger partial charge in [0.05, 0.1) is 4.90 Å². The van der Waals surface area contributed by atoms with Gasteiger partial charge in [0.1, 0.15) is 6.04 Å². The molecular formula is C19H28ClN3O3S. The summed E-state index contributed by atoms with van der Waals surface area (Å²) in [5.41, 5.74) is 0. The number of carbonyl (C=O) groups is 1. The summed E-state index contributed by atoms with van der Waals surface area (Å²) in [5.74, 6) is 1.30. The van der Waals surface area contributed by atoms with Crippen molar-refractivity contribution in [3.8, 4) is 0 Å². The van der Waals surface area contributed by atoms with Crippen LogP contribution >= 0.6 is 12.4 Å². The summed E-state index contributed by atoms with van der Waals surface area (Å²) in [6, 6.07) is 7.92. The van der Waals surface area contributed by atoms with Crippen molar-refractivity contribution in [1.29, 1.82) is 0 Å². The van der Waals surface area contributed by atoms with Crippen LogP contribution < -0.4 is 5.32 Å². The monoisotopic (exact) mass is 413 g/mol. The zero-order chi connectivity index (χ0) is 18.1. The molecule has 0 aliphatic carbocycles. The van der Waals surface area contributed by atoms with E-state index < -0.39 is 16.1 Å². The van der Waals surface area contributed by atoms with Gasteiger partial charge in [-0.15, -0.1) is 12.4 Å². The number of likely N-dealkylation sites (tertiary alicyclic amines) is 1. The van der Waals surface area contributed by atoms with Crippen LogP contribution in [0.3, 0.4) is 0 Å². The van der Waals surface area contributed by atoms with Crippen molar-refractivity contribution in [3.05, 3.63) is 30.3 Å². The van der Waals surface area contributed by atoms with Gasteiger partial charge in [0, 0.05) is 19.6 Å². The number of nitrogens with zero attached hydrogens (tertiary/aromatic N) is 2. The Labute approximate surface area is 167 Å². The molecule has 150 valence electrons. The Kier molecular flexibility index (Phi) is 6.46.